The standard InChI is InChI=1S/C12H10BrClN2O2/c1-6-7(2)16-18-12(6)15-11(17)8-3-9(13)5-10(14)4-8/h3-5H,1-2H3,(H,15,17). The van der Waals surface area contributed by atoms with Gasteiger partial charge in [0.15, 0.2) is 0 Å². The van der Waals surface area contributed by atoms with Gasteiger partial charge in [-0.25, -0.2) is 0 Å². The summed E-state index contributed by atoms with van der Waals surface area (Å²) in [6, 6.07) is 4.97. The van der Waals surface area contributed by atoms with E-state index in [1.165, 1.54) is 0 Å². The molecule has 0 fully saturated rings. The van der Waals surface area contributed by atoms with Crippen LogP contribution in [0.5, 0.6) is 0 Å². The largest absolute Gasteiger partial charge is 0.338 e. The highest BCUT2D eigenvalue weighted by Crippen LogP contribution is 2.22. The number of aryl methyl sites for hydroxylation is 1. The maximum Gasteiger partial charge on any atom is 0.258 e. The Kier molecular flexibility index (Phi) is 3.73. The third-order valence-corrected chi connectivity index (χ3v) is 3.19. The Labute approximate surface area is 117 Å². The zero-order valence-corrected chi connectivity index (χ0v) is 12.1. The zero-order valence-electron chi connectivity index (χ0n) is 9.75. The number of halogens is 2. The van der Waals surface area contributed by atoms with Gasteiger partial charge in [-0.1, -0.05) is 32.7 Å². The minimum atomic E-state index is -0.294. The van der Waals surface area contributed by atoms with Crippen LogP contribution in [0, 0.1) is 13.8 Å². The van der Waals surface area contributed by atoms with Gasteiger partial charge in [-0.2, -0.15) is 0 Å². The first kappa shape index (κ1) is 13.1. The minimum Gasteiger partial charge on any atom is -0.338 e. The van der Waals surface area contributed by atoms with Gasteiger partial charge in [-0.15, -0.1) is 0 Å². The van der Waals surface area contributed by atoms with Gasteiger partial charge in [-0.05, 0) is 32.0 Å². The maximum atomic E-state index is 12.0. The average Bonchev–Trinajstić information content (AvgIpc) is 2.59. The molecule has 0 radical (unpaired) electrons. The van der Waals surface area contributed by atoms with Crippen molar-refractivity contribution in [3.8, 4) is 0 Å². The van der Waals surface area contributed by atoms with Crippen molar-refractivity contribution in [2.24, 2.45) is 0 Å². The number of carbonyl (C=O) groups excluding carboxylic acids is 1. The van der Waals surface area contributed by atoms with Crippen molar-refractivity contribution in [1.29, 1.82) is 0 Å². The van der Waals surface area contributed by atoms with Crippen LogP contribution >= 0.6 is 27.5 Å². The van der Waals surface area contributed by atoms with Crippen LogP contribution in [0.2, 0.25) is 5.02 Å². The topological polar surface area (TPSA) is 55.1 Å². The van der Waals surface area contributed by atoms with Gasteiger partial charge in [0.2, 0.25) is 5.88 Å². The molecular weight excluding hydrogens is 320 g/mol. The van der Waals surface area contributed by atoms with Gasteiger partial charge in [0.25, 0.3) is 5.91 Å². The molecule has 1 aromatic carbocycles. The second-order valence-electron chi connectivity index (χ2n) is 3.83. The summed E-state index contributed by atoms with van der Waals surface area (Å²) < 4.78 is 5.76. The van der Waals surface area contributed by atoms with Crippen LogP contribution < -0.4 is 5.32 Å². The number of nitrogens with zero attached hydrogens (tertiary/aromatic N) is 1. The van der Waals surface area contributed by atoms with Crippen LogP contribution in [-0.2, 0) is 0 Å². The first-order valence-electron chi connectivity index (χ1n) is 5.17. The van der Waals surface area contributed by atoms with Crippen LogP contribution in [0.25, 0.3) is 0 Å². The highest BCUT2D eigenvalue weighted by atomic mass is 79.9. The van der Waals surface area contributed by atoms with E-state index in [1.54, 1.807) is 18.2 Å². The lowest BCUT2D eigenvalue weighted by molar-refractivity contribution is 0.102. The first-order valence-corrected chi connectivity index (χ1v) is 6.35. The van der Waals surface area contributed by atoms with Crippen LogP contribution in [0.15, 0.2) is 27.2 Å². The van der Waals surface area contributed by atoms with E-state index in [4.69, 9.17) is 16.1 Å². The highest BCUT2D eigenvalue weighted by Gasteiger charge is 2.14. The Bertz CT molecular complexity index is 590. The predicted octanol–water partition coefficient (Wildman–Crippen LogP) is 3.96. The number of anilines is 1. The summed E-state index contributed by atoms with van der Waals surface area (Å²) in [5.74, 6) is 0.0612. The normalized spacial score (nSPS) is 10.4. The number of hydrogen-bond donors (Lipinski definition) is 1. The summed E-state index contributed by atoms with van der Waals surface area (Å²) in [5, 5.41) is 6.91. The number of carbonyl (C=O) groups is 1. The van der Waals surface area contributed by atoms with Gasteiger partial charge in [0.1, 0.15) is 0 Å². The molecule has 18 heavy (non-hydrogen) atoms. The molecule has 94 valence electrons. The van der Waals surface area contributed by atoms with E-state index in [0.717, 1.165) is 15.7 Å². The molecule has 1 aromatic heterocycles. The molecule has 0 bridgehead atoms. The Morgan fingerprint density at radius 1 is 1.39 bits per heavy atom. The number of benzene rings is 1. The molecule has 0 unspecified atom stereocenters. The molecular formula is C12H10BrClN2O2. The quantitative estimate of drug-likeness (QED) is 0.907. The molecule has 0 atom stereocenters. The summed E-state index contributed by atoms with van der Waals surface area (Å²) in [6.07, 6.45) is 0. The van der Waals surface area contributed by atoms with Crippen molar-refractivity contribution in [3.63, 3.8) is 0 Å². The van der Waals surface area contributed by atoms with Crippen molar-refractivity contribution in [3.05, 3.63) is 44.5 Å². The lowest BCUT2D eigenvalue weighted by atomic mass is 10.2. The van der Waals surface area contributed by atoms with Crippen molar-refractivity contribution in [1.82, 2.24) is 5.16 Å². The van der Waals surface area contributed by atoms with E-state index in [1.807, 2.05) is 13.8 Å². The van der Waals surface area contributed by atoms with Crippen LogP contribution in [0.4, 0.5) is 5.88 Å². The number of nitrogens with one attached hydrogen (secondary N) is 1. The van der Waals surface area contributed by atoms with Gasteiger partial charge in [-0.3, -0.25) is 10.1 Å². The fourth-order valence-electron chi connectivity index (χ4n) is 1.39. The predicted molar refractivity (Wildman–Crippen MR) is 73.1 cm³/mol. The lowest BCUT2D eigenvalue weighted by Gasteiger charge is -2.03. The molecule has 2 aromatic rings. The molecule has 2 rings (SSSR count). The molecule has 6 heteroatoms. The van der Waals surface area contributed by atoms with Crippen LogP contribution in [-0.4, -0.2) is 11.1 Å². The van der Waals surface area contributed by atoms with Gasteiger partial charge >= 0.3 is 0 Å². The molecule has 0 saturated carbocycles. The monoisotopic (exact) mass is 328 g/mol. The maximum absolute atomic E-state index is 12.0. The lowest BCUT2D eigenvalue weighted by Crippen LogP contribution is -2.12. The fourth-order valence-corrected chi connectivity index (χ4v) is 2.25. The molecule has 0 spiro atoms. The van der Waals surface area contributed by atoms with E-state index in [9.17, 15) is 4.79 Å². The van der Waals surface area contributed by atoms with Crippen molar-refractivity contribution in [2.75, 3.05) is 5.32 Å². The fraction of sp³-hybridized carbons (Fsp3) is 0.167. The van der Waals surface area contributed by atoms with Gasteiger partial charge in [0, 0.05) is 20.6 Å². The summed E-state index contributed by atoms with van der Waals surface area (Å²) >= 11 is 9.17. The highest BCUT2D eigenvalue weighted by molar-refractivity contribution is 9.10. The van der Waals surface area contributed by atoms with E-state index in [0.29, 0.717) is 16.5 Å². The molecule has 1 heterocycles. The van der Waals surface area contributed by atoms with Crippen molar-refractivity contribution < 1.29 is 9.32 Å². The SMILES string of the molecule is Cc1noc(NC(=O)c2cc(Cl)cc(Br)c2)c1C. The Balaban J connectivity index is 2.24. The number of amides is 1. The summed E-state index contributed by atoms with van der Waals surface area (Å²) in [6.45, 7) is 3.64. The Morgan fingerprint density at radius 3 is 2.67 bits per heavy atom. The van der Waals surface area contributed by atoms with Crippen LogP contribution in [0.1, 0.15) is 21.6 Å². The Morgan fingerprint density at radius 2 is 2.11 bits per heavy atom. The minimum absolute atomic E-state index is 0.294. The molecule has 1 N–H and O–H groups in total. The van der Waals surface area contributed by atoms with Crippen LogP contribution in [0.3, 0.4) is 0 Å². The number of hydrogen-bond acceptors (Lipinski definition) is 3. The second kappa shape index (κ2) is 5.12. The molecule has 1 amide bonds. The molecule has 0 aliphatic rings. The summed E-state index contributed by atoms with van der Waals surface area (Å²) in [7, 11) is 0. The summed E-state index contributed by atoms with van der Waals surface area (Å²) in [4.78, 5) is 12.0. The first-order chi connectivity index (χ1) is 8.47. The second-order valence-corrected chi connectivity index (χ2v) is 5.19. The molecule has 0 aliphatic heterocycles. The zero-order chi connectivity index (χ0) is 13.3. The third-order valence-electron chi connectivity index (χ3n) is 2.51. The number of rotatable bonds is 2. The van der Waals surface area contributed by atoms with E-state index in [-0.39, 0.29) is 5.91 Å². The van der Waals surface area contributed by atoms with E-state index >= 15 is 0 Å². The van der Waals surface area contributed by atoms with Crippen molar-refractivity contribution in [2.45, 2.75) is 13.8 Å². The Hall–Kier alpha value is -1.33. The molecule has 0 saturated heterocycles. The van der Waals surface area contributed by atoms with E-state index < -0.39 is 0 Å². The number of aromatic nitrogens is 1. The third kappa shape index (κ3) is 2.73. The van der Waals surface area contributed by atoms with Gasteiger partial charge in [0.05, 0.1) is 5.69 Å². The van der Waals surface area contributed by atoms with Gasteiger partial charge < -0.3 is 4.52 Å². The van der Waals surface area contributed by atoms with E-state index in [2.05, 4.69) is 26.4 Å². The average molecular weight is 330 g/mol. The molecule has 4 nitrogen and oxygen atoms in total. The van der Waals surface area contributed by atoms with Crippen molar-refractivity contribution >= 4 is 39.3 Å². The smallest absolute Gasteiger partial charge is 0.258 e. The molecule has 0 aliphatic carbocycles. The summed E-state index contributed by atoms with van der Waals surface area (Å²) in [5.41, 5.74) is 2.00.